The van der Waals surface area contributed by atoms with Gasteiger partial charge >= 0.3 is 5.97 Å². The molecule has 6 nitrogen and oxygen atoms in total. The summed E-state index contributed by atoms with van der Waals surface area (Å²) in [6.45, 7) is 2.02. The molecule has 1 aliphatic heterocycles. The minimum absolute atomic E-state index is 0.00480. The maximum Gasteiger partial charge on any atom is 0.337 e. The quantitative estimate of drug-likeness (QED) is 0.526. The van der Waals surface area contributed by atoms with Crippen LogP contribution in [-0.4, -0.2) is 26.1 Å². The highest BCUT2D eigenvalue weighted by molar-refractivity contribution is 5.90. The van der Waals surface area contributed by atoms with Crippen molar-refractivity contribution in [2.24, 2.45) is 0 Å². The van der Waals surface area contributed by atoms with Gasteiger partial charge in [0.2, 0.25) is 5.91 Å². The molecule has 180 valence electrons. The Kier molecular flexibility index (Phi) is 5.97. The minimum Gasteiger partial charge on any atom is -0.497 e. The van der Waals surface area contributed by atoms with E-state index in [1.807, 2.05) is 61.5 Å². The Morgan fingerprint density at radius 3 is 2.66 bits per heavy atom. The van der Waals surface area contributed by atoms with Crippen molar-refractivity contribution in [3.63, 3.8) is 0 Å². The second-order valence-corrected chi connectivity index (χ2v) is 9.38. The second kappa shape index (κ2) is 9.10. The number of carbonyl (C=O) groups excluding carboxylic acids is 2. The Morgan fingerprint density at radius 1 is 1.03 bits per heavy atom. The first kappa shape index (κ1) is 23.0. The molecule has 0 unspecified atom stereocenters. The fourth-order valence-electron chi connectivity index (χ4n) is 5.26. The highest BCUT2D eigenvalue weighted by Gasteiger charge is 2.43. The summed E-state index contributed by atoms with van der Waals surface area (Å²) in [5.41, 5.74) is 3.89. The molecule has 0 aromatic heterocycles. The highest BCUT2D eigenvalue weighted by atomic mass is 16.5. The van der Waals surface area contributed by atoms with Crippen LogP contribution in [0.1, 0.15) is 64.5 Å². The lowest BCUT2D eigenvalue weighted by Gasteiger charge is -2.35. The molecule has 3 aromatic rings. The van der Waals surface area contributed by atoms with Crippen molar-refractivity contribution in [3.8, 4) is 11.5 Å². The van der Waals surface area contributed by atoms with Crippen LogP contribution in [0.4, 0.5) is 0 Å². The molecular weight excluding hydrogens is 442 g/mol. The summed E-state index contributed by atoms with van der Waals surface area (Å²) in [7, 11) is 3.02. The lowest BCUT2D eigenvalue weighted by atomic mass is 9.82. The topological polar surface area (TPSA) is 73.9 Å². The van der Waals surface area contributed by atoms with E-state index in [9.17, 15) is 9.59 Å². The van der Waals surface area contributed by atoms with Gasteiger partial charge in [-0.3, -0.25) is 4.79 Å². The summed E-state index contributed by atoms with van der Waals surface area (Å²) in [5, 5.41) is 3.33. The van der Waals surface area contributed by atoms with Crippen molar-refractivity contribution in [2.45, 2.75) is 43.7 Å². The number of fused-ring (bicyclic) bond motifs is 2. The van der Waals surface area contributed by atoms with Crippen molar-refractivity contribution in [1.82, 2.24) is 5.32 Å². The predicted octanol–water partition coefficient (Wildman–Crippen LogP) is 5.07. The molecule has 1 amide bonds. The number of rotatable bonds is 5. The Balaban J connectivity index is 1.43. The summed E-state index contributed by atoms with van der Waals surface area (Å²) in [4.78, 5) is 25.8. The molecule has 0 saturated carbocycles. The van der Waals surface area contributed by atoms with Crippen molar-refractivity contribution < 1.29 is 23.8 Å². The molecule has 6 heteroatoms. The molecule has 0 fully saturated rings. The van der Waals surface area contributed by atoms with Crippen molar-refractivity contribution in [2.75, 3.05) is 14.2 Å². The van der Waals surface area contributed by atoms with Crippen LogP contribution in [0.3, 0.4) is 0 Å². The molecule has 1 heterocycles. The van der Waals surface area contributed by atoms with E-state index in [1.54, 1.807) is 19.2 Å². The van der Waals surface area contributed by atoms with Gasteiger partial charge in [-0.2, -0.15) is 0 Å². The standard InChI is InChI=1S/C29H29NO5/c1-29(14-13-18-16-21(33-2)11-12-23(18)29)28(32)30-24-17-26(35-25-10-5-4-9-22(24)25)19-7-6-8-20(15-19)27(31)34-3/h4-12,15-16,24,26H,13-14,17H2,1-3H3,(H,30,32)/t24-,26-,29+/m1/s1. The maximum atomic E-state index is 13.7. The number of para-hydroxylation sites is 1. The average molecular weight is 472 g/mol. The van der Waals surface area contributed by atoms with E-state index in [0.29, 0.717) is 12.0 Å². The highest BCUT2D eigenvalue weighted by Crippen LogP contribution is 2.44. The van der Waals surface area contributed by atoms with Crippen LogP contribution in [0.15, 0.2) is 66.7 Å². The van der Waals surface area contributed by atoms with E-state index in [4.69, 9.17) is 14.2 Å². The van der Waals surface area contributed by atoms with Crippen molar-refractivity contribution in [1.29, 1.82) is 0 Å². The van der Waals surface area contributed by atoms with Gasteiger partial charge in [-0.15, -0.1) is 0 Å². The molecule has 0 radical (unpaired) electrons. The van der Waals surface area contributed by atoms with E-state index in [1.165, 1.54) is 7.11 Å². The number of aryl methyl sites for hydroxylation is 1. The van der Waals surface area contributed by atoms with Gasteiger partial charge in [0.25, 0.3) is 0 Å². The zero-order valence-electron chi connectivity index (χ0n) is 20.2. The lowest BCUT2D eigenvalue weighted by Crippen LogP contribution is -2.44. The van der Waals surface area contributed by atoms with Gasteiger partial charge in [-0.25, -0.2) is 4.79 Å². The molecule has 0 bridgehead atoms. The third kappa shape index (κ3) is 4.14. The van der Waals surface area contributed by atoms with Gasteiger partial charge in [0, 0.05) is 12.0 Å². The van der Waals surface area contributed by atoms with Gasteiger partial charge in [-0.05, 0) is 66.8 Å². The maximum absolute atomic E-state index is 13.7. The van der Waals surface area contributed by atoms with Crippen LogP contribution in [0.5, 0.6) is 11.5 Å². The first-order chi connectivity index (χ1) is 16.9. The van der Waals surface area contributed by atoms with Gasteiger partial charge in [-0.1, -0.05) is 36.4 Å². The van der Waals surface area contributed by atoms with Crippen molar-refractivity contribution in [3.05, 3.63) is 94.5 Å². The first-order valence-corrected chi connectivity index (χ1v) is 11.8. The van der Waals surface area contributed by atoms with Crippen LogP contribution in [-0.2, 0) is 21.4 Å². The number of esters is 1. The molecule has 3 aromatic carbocycles. The summed E-state index contributed by atoms with van der Waals surface area (Å²) in [6.07, 6.45) is 1.83. The van der Waals surface area contributed by atoms with E-state index < -0.39 is 11.4 Å². The summed E-state index contributed by atoms with van der Waals surface area (Å²) in [5.74, 6) is 1.16. The molecule has 0 saturated heterocycles. The van der Waals surface area contributed by atoms with Crippen LogP contribution in [0, 0.1) is 0 Å². The molecule has 3 atom stereocenters. The Labute approximate surface area is 205 Å². The molecule has 0 spiro atoms. The number of hydrogen-bond donors (Lipinski definition) is 1. The van der Waals surface area contributed by atoms with Crippen LogP contribution >= 0.6 is 0 Å². The lowest BCUT2D eigenvalue weighted by molar-refractivity contribution is -0.127. The number of amides is 1. The van der Waals surface area contributed by atoms with Crippen molar-refractivity contribution >= 4 is 11.9 Å². The zero-order chi connectivity index (χ0) is 24.6. The Hall–Kier alpha value is -3.80. The molecule has 2 aliphatic rings. The number of benzene rings is 3. The number of carbonyl (C=O) groups is 2. The molecule has 35 heavy (non-hydrogen) atoms. The van der Waals surface area contributed by atoms with Crippen LogP contribution in [0.2, 0.25) is 0 Å². The van der Waals surface area contributed by atoms with Gasteiger partial charge in [0.05, 0.1) is 31.2 Å². The largest absolute Gasteiger partial charge is 0.497 e. The van der Waals surface area contributed by atoms with Crippen LogP contribution in [0.25, 0.3) is 0 Å². The fraction of sp³-hybridized carbons (Fsp3) is 0.310. The third-order valence-corrected chi connectivity index (χ3v) is 7.30. The van der Waals surface area contributed by atoms with Gasteiger partial charge in [0.15, 0.2) is 0 Å². The first-order valence-electron chi connectivity index (χ1n) is 11.8. The number of ether oxygens (including phenoxy) is 3. The predicted molar refractivity (Wildman–Crippen MR) is 132 cm³/mol. The SMILES string of the molecule is COC(=O)c1cccc([C@H]2C[C@@H](NC(=O)[C@@]3(C)CCc4cc(OC)ccc43)c3ccccc3O2)c1. The average Bonchev–Trinajstić information content (AvgIpc) is 3.25. The summed E-state index contributed by atoms with van der Waals surface area (Å²) >= 11 is 0. The minimum atomic E-state index is -0.616. The number of nitrogens with one attached hydrogen (secondary N) is 1. The molecular formula is C29H29NO5. The Bertz CT molecular complexity index is 1290. The van der Waals surface area contributed by atoms with Gasteiger partial charge < -0.3 is 19.5 Å². The van der Waals surface area contributed by atoms with Gasteiger partial charge in [0.1, 0.15) is 17.6 Å². The molecule has 5 rings (SSSR count). The smallest absolute Gasteiger partial charge is 0.337 e. The van der Waals surface area contributed by atoms with Crippen LogP contribution < -0.4 is 14.8 Å². The van der Waals surface area contributed by atoms with E-state index in [0.717, 1.165) is 46.6 Å². The van der Waals surface area contributed by atoms with E-state index in [-0.39, 0.29) is 18.1 Å². The second-order valence-electron chi connectivity index (χ2n) is 9.38. The molecule has 1 N–H and O–H groups in total. The zero-order valence-corrected chi connectivity index (χ0v) is 20.2. The Morgan fingerprint density at radius 2 is 1.86 bits per heavy atom. The normalized spacial score (nSPS) is 22.4. The fourth-order valence-corrected chi connectivity index (χ4v) is 5.26. The monoisotopic (exact) mass is 471 g/mol. The molecule has 1 aliphatic carbocycles. The number of hydrogen-bond acceptors (Lipinski definition) is 5. The third-order valence-electron chi connectivity index (χ3n) is 7.30. The summed E-state index contributed by atoms with van der Waals surface area (Å²) < 4.78 is 16.6. The van der Waals surface area contributed by atoms with E-state index in [2.05, 4.69) is 5.32 Å². The number of methoxy groups -OCH3 is 2. The summed E-state index contributed by atoms with van der Waals surface area (Å²) in [6, 6.07) is 20.8. The van der Waals surface area contributed by atoms with E-state index >= 15 is 0 Å².